The van der Waals surface area contributed by atoms with Crippen molar-refractivity contribution in [3.8, 4) is 5.69 Å². The van der Waals surface area contributed by atoms with E-state index < -0.39 is 11.5 Å². The maximum Gasteiger partial charge on any atom is 0.263 e. The minimum atomic E-state index is -0.446. The number of nitrogens with zero attached hydrogens (tertiary/aromatic N) is 3. The summed E-state index contributed by atoms with van der Waals surface area (Å²) < 4.78 is 1.97. The van der Waals surface area contributed by atoms with Crippen LogP contribution in [0.5, 0.6) is 0 Å². The summed E-state index contributed by atoms with van der Waals surface area (Å²) >= 11 is 0. The lowest BCUT2D eigenvalue weighted by molar-refractivity contribution is 0.0917. The zero-order valence-electron chi connectivity index (χ0n) is 16.2. The molecule has 0 fully saturated rings. The number of nitrogens with one attached hydrogen (secondary N) is 2. The van der Waals surface area contributed by atoms with E-state index in [1.807, 2.05) is 29.1 Å². The average Bonchev–Trinajstić information content (AvgIpc) is 3.05. The number of para-hydroxylation sites is 1. The molecule has 0 bridgehead atoms. The van der Waals surface area contributed by atoms with Crippen molar-refractivity contribution in [2.45, 2.75) is 39.7 Å². The molecule has 3 aromatic rings. The molecule has 144 valence electrons. The average molecular weight is 377 g/mol. The molecule has 7 nitrogen and oxygen atoms in total. The molecular weight excluding hydrogens is 354 g/mol. The van der Waals surface area contributed by atoms with Gasteiger partial charge in [0.15, 0.2) is 0 Å². The normalized spacial score (nSPS) is 17.8. The van der Waals surface area contributed by atoms with Gasteiger partial charge in [0.1, 0.15) is 5.56 Å². The number of hydrogen-bond acceptors (Lipinski definition) is 4. The first-order valence-electron chi connectivity index (χ1n) is 9.32. The highest BCUT2D eigenvalue weighted by molar-refractivity contribution is 5.93. The van der Waals surface area contributed by atoms with Gasteiger partial charge in [-0.15, -0.1) is 0 Å². The fraction of sp³-hybridized carbons (Fsp3) is 0.333. The van der Waals surface area contributed by atoms with Crippen LogP contribution in [-0.4, -0.2) is 25.7 Å². The van der Waals surface area contributed by atoms with Crippen molar-refractivity contribution in [3.63, 3.8) is 0 Å². The van der Waals surface area contributed by atoms with E-state index in [1.165, 1.54) is 12.5 Å². The lowest BCUT2D eigenvalue weighted by Crippen LogP contribution is -2.38. The molecule has 2 N–H and O–H groups in total. The van der Waals surface area contributed by atoms with Crippen molar-refractivity contribution in [2.75, 3.05) is 0 Å². The molecule has 0 unspecified atom stereocenters. The van der Waals surface area contributed by atoms with Crippen LogP contribution in [0, 0.1) is 12.3 Å². The minimum absolute atomic E-state index is 0.0127. The predicted molar refractivity (Wildman–Crippen MR) is 105 cm³/mol. The van der Waals surface area contributed by atoms with Gasteiger partial charge in [0.05, 0.1) is 29.9 Å². The number of benzene rings is 1. The van der Waals surface area contributed by atoms with E-state index in [0.717, 1.165) is 35.3 Å². The van der Waals surface area contributed by atoms with Gasteiger partial charge in [-0.25, -0.2) is 9.67 Å². The summed E-state index contributed by atoms with van der Waals surface area (Å²) in [5, 5.41) is 7.64. The number of H-pyrrole nitrogens is 1. The fourth-order valence-electron chi connectivity index (χ4n) is 3.92. The van der Waals surface area contributed by atoms with Gasteiger partial charge in [-0.2, -0.15) is 5.10 Å². The van der Waals surface area contributed by atoms with Crippen LogP contribution in [0.1, 0.15) is 53.5 Å². The molecule has 0 saturated carbocycles. The van der Waals surface area contributed by atoms with Crippen LogP contribution in [0.2, 0.25) is 0 Å². The molecule has 2 aromatic heterocycles. The number of carbonyl (C=O) groups is 1. The van der Waals surface area contributed by atoms with Crippen LogP contribution < -0.4 is 10.9 Å². The minimum Gasteiger partial charge on any atom is -0.345 e. The summed E-state index contributed by atoms with van der Waals surface area (Å²) in [6.07, 6.45) is 6.02. The number of aryl methyl sites for hydroxylation is 1. The van der Waals surface area contributed by atoms with Crippen LogP contribution >= 0.6 is 0 Å². The van der Waals surface area contributed by atoms with Gasteiger partial charge in [0, 0.05) is 11.8 Å². The molecule has 1 aromatic carbocycles. The first-order chi connectivity index (χ1) is 13.4. The van der Waals surface area contributed by atoms with Gasteiger partial charge in [-0.1, -0.05) is 32.0 Å². The Hall–Kier alpha value is -3.22. The standard InChI is InChI=1S/C21H23N5O2/c1-13-6-4-5-7-17(13)26-18-9-21(2,3)8-16(14(18)11-24-26)25-20(28)15-10-22-12-23-19(15)27/h4-7,10-12,16H,8-9H2,1-3H3,(H,25,28)(H,22,23,27)/t16-/m1/s1. The zero-order chi connectivity index (χ0) is 19.9. The van der Waals surface area contributed by atoms with E-state index in [-0.39, 0.29) is 17.0 Å². The first kappa shape index (κ1) is 18.2. The Labute approximate surface area is 162 Å². The first-order valence-corrected chi connectivity index (χ1v) is 9.32. The van der Waals surface area contributed by atoms with Crippen molar-refractivity contribution in [3.05, 3.63) is 75.7 Å². The molecule has 0 spiro atoms. The summed E-state index contributed by atoms with van der Waals surface area (Å²) in [6.45, 7) is 6.42. The third-order valence-corrected chi connectivity index (χ3v) is 5.29. The van der Waals surface area contributed by atoms with E-state index in [9.17, 15) is 9.59 Å². The lowest BCUT2D eigenvalue weighted by atomic mass is 9.74. The summed E-state index contributed by atoms with van der Waals surface area (Å²) in [6, 6.07) is 7.90. The molecule has 4 rings (SSSR count). The Kier molecular flexibility index (Phi) is 4.37. The second-order valence-electron chi connectivity index (χ2n) is 8.11. The highest BCUT2D eigenvalue weighted by atomic mass is 16.2. The molecule has 1 aliphatic carbocycles. The fourth-order valence-corrected chi connectivity index (χ4v) is 3.92. The van der Waals surface area contributed by atoms with Crippen molar-refractivity contribution in [1.82, 2.24) is 25.1 Å². The maximum atomic E-state index is 12.7. The molecule has 28 heavy (non-hydrogen) atoms. The smallest absolute Gasteiger partial charge is 0.263 e. The summed E-state index contributed by atoms with van der Waals surface area (Å²) in [7, 11) is 0. The van der Waals surface area contributed by atoms with Gasteiger partial charge < -0.3 is 10.3 Å². The molecule has 0 radical (unpaired) electrons. The molecule has 2 heterocycles. The predicted octanol–water partition coefficient (Wildman–Crippen LogP) is 2.71. The van der Waals surface area contributed by atoms with Crippen LogP contribution in [0.25, 0.3) is 5.69 Å². The van der Waals surface area contributed by atoms with Crippen LogP contribution in [0.15, 0.2) is 47.8 Å². The monoisotopic (exact) mass is 377 g/mol. The Morgan fingerprint density at radius 3 is 2.82 bits per heavy atom. The van der Waals surface area contributed by atoms with E-state index in [2.05, 4.69) is 47.2 Å². The molecule has 0 aliphatic heterocycles. The largest absolute Gasteiger partial charge is 0.345 e. The second kappa shape index (κ2) is 6.74. The van der Waals surface area contributed by atoms with Gasteiger partial charge >= 0.3 is 0 Å². The van der Waals surface area contributed by atoms with Gasteiger partial charge in [-0.05, 0) is 36.8 Å². The third-order valence-electron chi connectivity index (χ3n) is 5.29. The second-order valence-corrected chi connectivity index (χ2v) is 8.11. The highest BCUT2D eigenvalue weighted by Crippen LogP contribution is 2.41. The van der Waals surface area contributed by atoms with Crippen LogP contribution in [-0.2, 0) is 6.42 Å². The Morgan fingerprint density at radius 1 is 1.29 bits per heavy atom. The number of rotatable bonds is 3. The molecule has 1 aliphatic rings. The number of carbonyl (C=O) groups excluding carboxylic acids is 1. The van der Waals surface area contributed by atoms with Crippen molar-refractivity contribution < 1.29 is 4.79 Å². The topological polar surface area (TPSA) is 92.7 Å². The number of amides is 1. The van der Waals surface area contributed by atoms with Crippen molar-refractivity contribution >= 4 is 5.91 Å². The molecule has 7 heteroatoms. The number of aromatic amines is 1. The van der Waals surface area contributed by atoms with Crippen molar-refractivity contribution in [2.24, 2.45) is 5.41 Å². The summed E-state index contributed by atoms with van der Waals surface area (Å²) in [4.78, 5) is 30.9. The highest BCUT2D eigenvalue weighted by Gasteiger charge is 2.36. The SMILES string of the molecule is Cc1ccccc1-n1ncc2c1CC(C)(C)C[C@H]2NC(=O)c1cnc[nH]c1=O. The Bertz CT molecular complexity index is 1100. The number of fused-ring (bicyclic) bond motifs is 1. The molecule has 1 amide bonds. The van der Waals surface area contributed by atoms with E-state index >= 15 is 0 Å². The third kappa shape index (κ3) is 3.24. The molecular formula is C21H23N5O2. The zero-order valence-corrected chi connectivity index (χ0v) is 16.2. The van der Waals surface area contributed by atoms with E-state index in [4.69, 9.17) is 0 Å². The molecule has 1 atom stereocenters. The summed E-state index contributed by atoms with van der Waals surface area (Å²) in [5.41, 5.74) is 3.81. The molecule has 0 saturated heterocycles. The Morgan fingerprint density at radius 2 is 2.07 bits per heavy atom. The van der Waals surface area contributed by atoms with Gasteiger partial charge in [0.25, 0.3) is 11.5 Å². The quantitative estimate of drug-likeness (QED) is 0.734. The van der Waals surface area contributed by atoms with Crippen molar-refractivity contribution in [1.29, 1.82) is 0 Å². The maximum absolute atomic E-state index is 12.7. The van der Waals surface area contributed by atoms with E-state index in [0.29, 0.717) is 0 Å². The van der Waals surface area contributed by atoms with Gasteiger partial charge in [0.2, 0.25) is 0 Å². The van der Waals surface area contributed by atoms with Crippen LogP contribution in [0.3, 0.4) is 0 Å². The lowest BCUT2D eigenvalue weighted by Gasteiger charge is -2.36. The number of aromatic nitrogens is 4. The van der Waals surface area contributed by atoms with E-state index in [1.54, 1.807) is 0 Å². The summed E-state index contributed by atoms with van der Waals surface area (Å²) in [5.74, 6) is -0.424. The Balaban J connectivity index is 1.72. The van der Waals surface area contributed by atoms with Gasteiger partial charge in [-0.3, -0.25) is 9.59 Å². The van der Waals surface area contributed by atoms with Crippen LogP contribution in [0.4, 0.5) is 0 Å². The number of hydrogen-bond donors (Lipinski definition) is 2.